The van der Waals surface area contributed by atoms with Crippen molar-refractivity contribution in [3.05, 3.63) is 12.2 Å². The fraction of sp³-hybridized carbons (Fsp3) is 0.714. The summed E-state index contributed by atoms with van der Waals surface area (Å²) >= 11 is 10.2. The van der Waals surface area contributed by atoms with Crippen LogP contribution in [0.25, 0.3) is 0 Å². The summed E-state index contributed by atoms with van der Waals surface area (Å²) in [7, 11) is 0. The van der Waals surface area contributed by atoms with Gasteiger partial charge >= 0.3 is 0 Å². The van der Waals surface area contributed by atoms with Crippen molar-refractivity contribution in [2.75, 3.05) is 0 Å². The van der Waals surface area contributed by atoms with Gasteiger partial charge in [-0.25, -0.2) is 0 Å². The molecular formula is C7H13ClS. The smallest absolute Gasteiger partial charge is 0.0656 e. The van der Waals surface area contributed by atoms with E-state index >= 15 is 0 Å². The molecule has 0 heterocycles. The highest BCUT2D eigenvalue weighted by Crippen LogP contribution is 2.18. The first-order valence-electron chi connectivity index (χ1n) is 3.07. The molecule has 0 bridgehead atoms. The van der Waals surface area contributed by atoms with Gasteiger partial charge in [-0.3, -0.25) is 0 Å². The standard InChI is InChI=1S/C7H13ClS/c1-4-6(9)7(8)5(2)3/h6-7,9H,2,4H2,1,3H3. The quantitative estimate of drug-likeness (QED) is 0.370. The lowest BCUT2D eigenvalue weighted by Crippen LogP contribution is -2.14. The number of alkyl halides is 1. The van der Waals surface area contributed by atoms with Crippen LogP contribution in [-0.4, -0.2) is 10.6 Å². The topological polar surface area (TPSA) is 0 Å². The van der Waals surface area contributed by atoms with Gasteiger partial charge in [0.15, 0.2) is 0 Å². The molecule has 0 aliphatic carbocycles. The lowest BCUT2D eigenvalue weighted by atomic mass is 10.1. The molecular weight excluding hydrogens is 152 g/mol. The molecule has 0 fully saturated rings. The van der Waals surface area contributed by atoms with Crippen molar-refractivity contribution in [3.8, 4) is 0 Å². The molecule has 0 aromatic rings. The number of hydrogen-bond acceptors (Lipinski definition) is 1. The third kappa shape index (κ3) is 3.17. The largest absolute Gasteiger partial charge is 0.174 e. The molecule has 0 saturated carbocycles. The average molecular weight is 165 g/mol. The highest BCUT2D eigenvalue weighted by atomic mass is 35.5. The summed E-state index contributed by atoms with van der Waals surface area (Å²) in [5.74, 6) is 0. The van der Waals surface area contributed by atoms with E-state index in [9.17, 15) is 0 Å². The monoisotopic (exact) mass is 164 g/mol. The van der Waals surface area contributed by atoms with E-state index in [1.165, 1.54) is 0 Å². The minimum Gasteiger partial charge on any atom is -0.174 e. The van der Waals surface area contributed by atoms with Crippen molar-refractivity contribution in [1.82, 2.24) is 0 Å². The first-order chi connectivity index (χ1) is 4.09. The zero-order valence-corrected chi connectivity index (χ0v) is 7.54. The molecule has 0 nitrogen and oxygen atoms in total. The number of halogens is 1. The zero-order valence-electron chi connectivity index (χ0n) is 5.89. The summed E-state index contributed by atoms with van der Waals surface area (Å²) in [6, 6.07) is 0. The minimum atomic E-state index is 0.0262. The molecule has 0 rings (SSSR count). The Morgan fingerprint density at radius 3 is 2.33 bits per heavy atom. The molecule has 9 heavy (non-hydrogen) atoms. The maximum atomic E-state index is 5.89. The molecule has 0 radical (unpaired) electrons. The molecule has 0 aromatic carbocycles. The fourth-order valence-corrected chi connectivity index (χ4v) is 0.968. The van der Waals surface area contributed by atoms with Crippen molar-refractivity contribution < 1.29 is 0 Å². The highest BCUT2D eigenvalue weighted by Gasteiger charge is 2.12. The SMILES string of the molecule is C=C(C)C(Cl)C(S)CC. The van der Waals surface area contributed by atoms with Crippen molar-refractivity contribution in [1.29, 1.82) is 0 Å². The molecule has 0 spiro atoms. The molecule has 2 heteroatoms. The zero-order chi connectivity index (χ0) is 7.44. The van der Waals surface area contributed by atoms with Crippen LogP contribution in [0.4, 0.5) is 0 Å². The Balaban J connectivity index is 3.72. The van der Waals surface area contributed by atoms with E-state index in [-0.39, 0.29) is 10.6 Å². The summed E-state index contributed by atoms with van der Waals surface area (Å²) in [5.41, 5.74) is 0.999. The van der Waals surface area contributed by atoms with E-state index in [0.29, 0.717) is 0 Å². The van der Waals surface area contributed by atoms with Gasteiger partial charge in [-0.05, 0) is 13.3 Å². The summed E-state index contributed by atoms with van der Waals surface area (Å²) in [6.07, 6.45) is 0.990. The van der Waals surface area contributed by atoms with E-state index in [1.54, 1.807) is 0 Å². The Hall–Kier alpha value is 0.380. The fourth-order valence-electron chi connectivity index (χ4n) is 0.535. The van der Waals surface area contributed by atoms with Crippen molar-refractivity contribution in [2.45, 2.75) is 30.9 Å². The number of hydrogen-bond donors (Lipinski definition) is 1. The van der Waals surface area contributed by atoms with Gasteiger partial charge < -0.3 is 0 Å². The second-order valence-corrected chi connectivity index (χ2v) is 3.36. The van der Waals surface area contributed by atoms with Crippen LogP contribution < -0.4 is 0 Å². The van der Waals surface area contributed by atoms with E-state index < -0.39 is 0 Å². The maximum Gasteiger partial charge on any atom is 0.0656 e. The van der Waals surface area contributed by atoms with Crippen LogP contribution in [0.2, 0.25) is 0 Å². The van der Waals surface area contributed by atoms with Crippen LogP contribution in [-0.2, 0) is 0 Å². The molecule has 0 aliphatic heterocycles. The van der Waals surface area contributed by atoms with E-state index in [2.05, 4.69) is 26.1 Å². The van der Waals surface area contributed by atoms with Gasteiger partial charge in [0, 0.05) is 5.25 Å². The second-order valence-electron chi connectivity index (χ2n) is 2.22. The molecule has 0 N–H and O–H groups in total. The van der Waals surface area contributed by atoms with Crippen molar-refractivity contribution in [2.24, 2.45) is 0 Å². The Kier molecular flexibility index (Phi) is 4.41. The summed E-state index contributed by atoms with van der Waals surface area (Å²) < 4.78 is 0. The minimum absolute atomic E-state index is 0.0262. The number of rotatable bonds is 3. The van der Waals surface area contributed by atoms with E-state index in [0.717, 1.165) is 12.0 Å². The second kappa shape index (κ2) is 4.24. The molecule has 0 aliphatic rings. The molecule has 0 saturated heterocycles. The van der Waals surface area contributed by atoms with E-state index in [4.69, 9.17) is 11.6 Å². The van der Waals surface area contributed by atoms with Crippen LogP contribution in [0.5, 0.6) is 0 Å². The Labute approximate surface area is 67.7 Å². The highest BCUT2D eigenvalue weighted by molar-refractivity contribution is 7.81. The number of allylic oxidation sites excluding steroid dienone is 1. The van der Waals surface area contributed by atoms with Gasteiger partial charge in [0.1, 0.15) is 0 Å². The first-order valence-corrected chi connectivity index (χ1v) is 4.02. The predicted molar refractivity (Wildman–Crippen MR) is 47.5 cm³/mol. The van der Waals surface area contributed by atoms with Crippen LogP contribution in [0.3, 0.4) is 0 Å². The average Bonchev–Trinajstić information content (AvgIpc) is 1.84. The Morgan fingerprint density at radius 1 is 1.78 bits per heavy atom. The van der Waals surface area contributed by atoms with Gasteiger partial charge in [-0.2, -0.15) is 12.6 Å². The van der Waals surface area contributed by atoms with Crippen molar-refractivity contribution >= 4 is 24.2 Å². The first kappa shape index (κ1) is 9.38. The van der Waals surface area contributed by atoms with E-state index in [1.807, 2.05) is 6.92 Å². The van der Waals surface area contributed by atoms with Crippen molar-refractivity contribution in [3.63, 3.8) is 0 Å². The predicted octanol–water partition coefficient (Wildman–Crippen LogP) is 2.88. The number of thiol groups is 1. The summed E-state index contributed by atoms with van der Waals surface area (Å²) in [5, 5.41) is 0.280. The van der Waals surface area contributed by atoms with Gasteiger partial charge in [-0.15, -0.1) is 11.6 Å². The Bertz CT molecular complexity index is 101. The summed E-state index contributed by atoms with van der Waals surface area (Å²) in [4.78, 5) is 0. The lowest BCUT2D eigenvalue weighted by molar-refractivity contribution is 0.822. The van der Waals surface area contributed by atoms with Crippen LogP contribution in [0.15, 0.2) is 12.2 Å². The van der Waals surface area contributed by atoms with Gasteiger partial charge in [0.05, 0.1) is 5.38 Å². The molecule has 54 valence electrons. The molecule has 2 unspecified atom stereocenters. The van der Waals surface area contributed by atoms with Gasteiger partial charge in [0.25, 0.3) is 0 Å². The van der Waals surface area contributed by atoms with Crippen LogP contribution in [0.1, 0.15) is 20.3 Å². The van der Waals surface area contributed by atoms with Crippen LogP contribution >= 0.6 is 24.2 Å². The lowest BCUT2D eigenvalue weighted by Gasteiger charge is -2.14. The Morgan fingerprint density at radius 2 is 2.22 bits per heavy atom. The third-order valence-corrected chi connectivity index (χ3v) is 2.74. The maximum absolute atomic E-state index is 5.89. The molecule has 0 amide bonds. The molecule has 0 aromatic heterocycles. The normalized spacial score (nSPS) is 16.9. The van der Waals surface area contributed by atoms with Crippen LogP contribution in [0, 0.1) is 0 Å². The van der Waals surface area contributed by atoms with Gasteiger partial charge in [-0.1, -0.05) is 19.1 Å². The third-order valence-electron chi connectivity index (χ3n) is 1.23. The van der Waals surface area contributed by atoms with Gasteiger partial charge in [0.2, 0.25) is 0 Å². The molecule has 2 atom stereocenters. The summed E-state index contributed by atoms with van der Waals surface area (Å²) in [6.45, 7) is 7.74.